The van der Waals surface area contributed by atoms with Crippen molar-refractivity contribution in [3.05, 3.63) is 81.9 Å². The molecule has 1 N–H and O–H groups in total. The Hall–Kier alpha value is -3.14. The van der Waals surface area contributed by atoms with Crippen LogP contribution in [0.3, 0.4) is 0 Å². The number of esters is 1. The number of aliphatic hydroxyl groups excluding tert-OH is 1. The third-order valence-corrected chi connectivity index (χ3v) is 4.36. The average molecular weight is 348 g/mol. The van der Waals surface area contributed by atoms with E-state index in [1.54, 1.807) is 37.3 Å². The third kappa shape index (κ3) is 3.18. The molecule has 0 aliphatic heterocycles. The van der Waals surface area contributed by atoms with Crippen molar-refractivity contribution in [1.29, 1.82) is 0 Å². The van der Waals surface area contributed by atoms with Crippen LogP contribution in [0.25, 0.3) is 11.8 Å². The number of carbonyl (C=O) groups excluding carboxylic acids is 2. The number of aryl methyl sites for hydroxylation is 1. The van der Waals surface area contributed by atoms with E-state index in [-0.39, 0.29) is 29.3 Å². The highest BCUT2D eigenvalue weighted by Gasteiger charge is 2.34. The van der Waals surface area contributed by atoms with E-state index in [0.717, 1.165) is 12.0 Å². The fraction of sp³-hybridized carbons (Fsp3) is 0.182. The minimum Gasteiger partial charge on any atom is -0.506 e. The Bertz CT molecular complexity index is 917. The van der Waals surface area contributed by atoms with Crippen molar-refractivity contribution in [2.45, 2.75) is 20.3 Å². The van der Waals surface area contributed by atoms with E-state index >= 15 is 0 Å². The van der Waals surface area contributed by atoms with Crippen LogP contribution in [-0.4, -0.2) is 23.5 Å². The van der Waals surface area contributed by atoms with E-state index in [9.17, 15) is 14.7 Å². The number of hydrogen-bond donors (Lipinski definition) is 1. The molecule has 0 radical (unpaired) electrons. The van der Waals surface area contributed by atoms with Crippen LogP contribution in [0.4, 0.5) is 0 Å². The Kier molecular flexibility index (Phi) is 5.03. The van der Waals surface area contributed by atoms with Crippen LogP contribution in [0, 0.1) is 0 Å². The molecule has 0 saturated carbocycles. The molecule has 26 heavy (non-hydrogen) atoms. The summed E-state index contributed by atoms with van der Waals surface area (Å²) in [6.45, 7) is 3.90. The molecule has 0 saturated heterocycles. The number of ether oxygens (including phenoxy) is 1. The summed E-state index contributed by atoms with van der Waals surface area (Å²) in [6.07, 6.45) is 2.54. The largest absolute Gasteiger partial charge is 0.506 e. The zero-order valence-electron chi connectivity index (χ0n) is 14.8. The first-order valence-corrected chi connectivity index (χ1v) is 8.62. The smallest absolute Gasteiger partial charge is 0.342 e. The van der Waals surface area contributed by atoms with Gasteiger partial charge in [0, 0.05) is 16.7 Å². The molecule has 3 rings (SSSR count). The number of ketones is 1. The standard InChI is InChI=1S/C22H20O4/c1-3-14-9-11-15(12-10-14)13-18-19(22(25)26-4-2)21(24)17-8-6-5-7-16(17)20(18)23/h5-13,24H,3-4H2,1-2H3. The van der Waals surface area contributed by atoms with Gasteiger partial charge >= 0.3 is 5.97 Å². The molecule has 132 valence electrons. The van der Waals surface area contributed by atoms with Crippen molar-refractivity contribution in [1.82, 2.24) is 0 Å². The third-order valence-electron chi connectivity index (χ3n) is 4.36. The molecule has 0 heterocycles. The van der Waals surface area contributed by atoms with Gasteiger partial charge in [0.15, 0.2) is 5.78 Å². The lowest BCUT2D eigenvalue weighted by Gasteiger charge is -2.20. The summed E-state index contributed by atoms with van der Waals surface area (Å²) in [7, 11) is 0. The molecule has 0 aromatic heterocycles. The highest BCUT2D eigenvalue weighted by atomic mass is 16.5. The number of fused-ring (bicyclic) bond motifs is 1. The van der Waals surface area contributed by atoms with Crippen molar-refractivity contribution in [2.24, 2.45) is 0 Å². The molecule has 2 aromatic carbocycles. The minimum atomic E-state index is -0.704. The van der Waals surface area contributed by atoms with Crippen molar-refractivity contribution in [3.63, 3.8) is 0 Å². The van der Waals surface area contributed by atoms with Gasteiger partial charge in [-0.05, 0) is 30.5 Å². The summed E-state index contributed by atoms with van der Waals surface area (Å²) in [5.74, 6) is -1.24. The lowest BCUT2D eigenvalue weighted by atomic mass is 9.84. The van der Waals surface area contributed by atoms with E-state index in [2.05, 4.69) is 6.92 Å². The molecule has 0 spiro atoms. The van der Waals surface area contributed by atoms with Crippen LogP contribution >= 0.6 is 0 Å². The maximum atomic E-state index is 13.0. The predicted octanol–water partition coefficient (Wildman–Crippen LogP) is 4.36. The van der Waals surface area contributed by atoms with Crippen molar-refractivity contribution < 1.29 is 19.4 Å². The predicted molar refractivity (Wildman–Crippen MR) is 101 cm³/mol. The topological polar surface area (TPSA) is 63.6 Å². The molecule has 4 heteroatoms. The maximum Gasteiger partial charge on any atom is 0.342 e. The van der Waals surface area contributed by atoms with Gasteiger partial charge in [-0.1, -0.05) is 55.5 Å². The van der Waals surface area contributed by atoms with Gasteiger partial charge in [0.1, 0.15) is 11.3 Å². The molecule has 4 nitrogen and oxygen atoms in total. The lowest BCUT2D eigenvalue weighted by molar-refractivity contribution is -0.138. The Morgan fingerprint density at radius 2 is 1.69 bits per heavy atom. The average Bonchev–Trinajstić information content (AvgIpc) is 2.66. The van der Waals surface area contributed by atoms with Gasteiger partial charge in [0.25, 0.3) is 0 Å². The van der Waals surface area contributed by atoms with E-state index in [0.29, 0.717) is 11.1 Å². The normalized spacial score (nSPS) is 15.2. The first kappa shape index (κ1) is 17.7. The molecular formula is C22H20O4. The van der Waals surface area contributed by atoms with E-state index in [1.807, 2.05) is 24.3 Å². The summed E-state index contributed by atoms with van der Waals surface area (Å²) in [5.41, 5.74) is 2.73. The first-order chi connectivity index (χ1) is 12.6. The zero-order valence-corrected chi connectivity index (χ0v) is 14.8. The molecule has 0 bridgehead atoms. The maximum absolute atomic E-state index is 13.0. The summed E-state index contributed by atoms with van der Waals surface area (Å²) in [6, 6.07) is 14.4. The lowest BCUT2D eigenvalue weighted by Crippen LogP contribution is -2.22. The number of Topliss-reactive ketones (excluding diaryl/α,β-unsaturated/α-hetero) is 1. The molecule has 1 aliphatic rings. The van der Waals surface area contributed by atoms with Crippen LogP contribution in [0.15, 0.2) is 59.7 Å². The van der Waals surface area contributed by atoms with Crippen molar-refractivity contribution in [2.75, 3.05) is 6.61 Å². The van der Waals surface area contributed by atoms with Gasteiger partial charge in [-0.15, -0.1) is 0 Å². The highest BCUT2D eigenvalue weighted by Crippen LogP contribution is 2.35. The second kappa shape index (κ2) is 7.40. The fourth-order valence-corrected chi connectivity index (χ4v) is 2.97. The van der Waals surface area contributed by atoms with Crippen molar-refractivity contribution >= 4 is 23.6 Å². The van der Waals surface area contributed by atoms with E-state index in [1.165, 1.54) is 5.56 Å². The molecule has 2 aromatic rings. The Morgan fingerprint density at radius 1 is 1.04 bits per heavy atom. The summed E-state index contributed by atoms with van der Waals surface area (Å²) >= 11 is 0. The van der Waals surface area contributed by atoms with Crippen LogP contribution in [-0.2, 0) is 16.0 Å². The van der Waals surface area contributed by atoms with Gasteiger partial charge in [0.2, 0.25) is 0 Å². The van der Waals surface area contributed by atoms with Crippen LogP contribution in [0.5, 0.6) is 0 Å². The molecule has 0 fully saturated rings. The summed E-state index contributed by atoms with van der Waals surface area (Å²) in [5, 5.41) is 10.7. The SMILES string of the molecule is CCOC(=O)C1=C(O)c2ccccc2C(=O)C1=Cc1ccc(CC)cc1. The van der Waals surface area contributed by atoms with Gasteiger partial charge in [0.05, 0.1) is 6.61 Å². The molecular weight excluding hydrogens is 328 g/mol. The number of rotatable bonds is 4. The number of carbonyl (C=O) groups is 2. The Balaban J connectivity index is 2.17. The molecule has 0 atom stereocenters. The second-order valence-electron chi connectivity index (χ2n) is 5.97. The summed E-state index contributed by atoms with van der Waals surface area (Å²) in [4.78, 5) is 25.4. The van der Waals surface area contributed by atoms with Gasteiger partial charge < -0.3 is 9.84 Å². The Morgan fingerprint density at radius 3 is 2.31 bits per heavy atom. The minimum absolute atomic E-state index is 0.0879. The monoisotopic (exact) mass is 348 g/mol. The van der Waals surface area contributed by atoms with E-state index < -0.39 is 5.97 Å². The molecule has 0 unspecified atom stereocenters. The fourth-order valence-electron chi connectivity index (χ4n) is 2.97. The van der Waals surface area contributed by atoms with E-state index in [4.69, 9.17) is 4.74 Å². The molecule has 1 aliphatic carbocycles. The molecule has 0 amide bonds. The van der Waals surface area contributed by atoms with Crippen LogP contribution in [0.1, 0.15) is 40.9 Å². The van der Waals surface area contributed by atoms with Crippen molar-refractivity contribution in [3.8, 4) is 0 Å². The van der Waals surface area contributed by atoms with Crippen LogP contribution in [0.2, 0.25) is 0 Å². The highest BCUT2D eigenvalue weighted by molar-refractivity contribution is 6.26. The van der Waals surface area contributed by atoms with Crippen LogP contribution < -0.4 is 0 Å². The number of hydrogen-bond acceptors (Lipinski definition) is 4. The quantitative estimate of drug-likeness (QED) is 0.659. The Labute approximate surface area is 152 Å². The zero-order chi connectivity index (χ0) is 18.7. The summed E-state index contributed by atoms with van der Waals surface area (Å²) < 4.78 is 5.07. The first-order valence-electron chi connectivity index (χ1n) is 8.62. The van der Waals surface area contributed by atoms with Gasteiger partial charge in [-0.25, -0.2) is 4.79 Å². The number of benzene rings is 2. The van der Waals surface area contributed by atoms with Gasteiger partial charge in [-0.3, -0.25) is 4.79 Å². The van der Waals surface area contributed by atoms with Gasteiger partial charge in [-0.2, -0.15) is 0 Å². The number of aliphatic hydroxyl groups is 1. The second-order valence-corrected chi connectivity index (χ2v) is 5.97.